The average Bonchev–Trinajstić information content (AvgIpc) is 2.12. The van der Waals surface area contributed by atoms with Crippen molar-refractivity contribution in [1.82, 2.24) is 0 Å². The summed E-state index contributed by atoms with van der Waals surface area (Å²) in [5, 5.41) is 9.33. The van der Waals surface area contributed by atoms with Gasteiger partial charge in [-0.1, -0.05) is 23.7 Å². The van der Waals surface area contributed by atoms with E-state index in [-0.39, 0.29) is 6.61 Å². The van der Waals surface area contributed by atoms with Crippen LogP contribution >= 0.6 is 11.6 Å². The zero-order valence-electron chi connectivity index (χ0n) is 8.93. The molecule has 1 rings (SSSR count). The smallest absolute Gasteiger partial charge is 0.261 e. The Morgan fingerprint density at radius 2 is 1.94 bits per heavy atom. The molecular formula is C10H15ClO4S. The molecule has 4 nitrogen and oxygen atoms in total. The van der Waals surface area contributed by atoms with Crippen LogP contribution in [0.1, 0.15) is 12.0 Å². The second-order valence-corrected chi connectivity index (χ2v) is 5.09. The van der Waals surface area contributed by atoms with E-state index >= 15 is 0 Å². The second-order valence-electron chi connectivity index (χ2n) is 3.19. The molecule has 0 saturated heterocycles. The highest BCUT2D eigenvalue weighted by Gasteiger charge is 1.92. The average molecular weight is 267 g/mol. The van der Waals surface area contributed by atoms with Gasteiger partial charge in [0.05, 0.1) is 6.26 Å². The van der Waals surface area contributed by atoms with Gasteiger partial charge in [0.1, 0.15) is 0 Å². The normalized spacial score (nSPS) is 10.5. The first-order valence-electron chi connectivity index (χ1n) is 4.60. The Bertz CT molecular complexity index is 395. The van der Waals surface area contributed by atoms with Crippen molar-refractivity contribution in [1.29, 1.82) is 0 Å². The molecule has 0 fully saturated rings. The summed E-state index contributed by atoms with van der Waals surface area (Å²) in [6.45, 7) is 0.243. The lowest BCUT2D eigenvalue weighted by Gasteiger charge is -1.98. The van der Waals surface area contributed by atoms with Crippen LogP contribution < -0.4 is 0 Å². The van der Waals surface area contributed by atoms with E-state index in [0.29, 0.717) is 6.26 Å². The Kier molecular flexibility index (Phi) is 7.33. The molecule has 0 saturated carbocycles. The maximum atomic E-state index is 9.19. The minimum atomic E-state index is -3.67. The predicted octanol–water partition coefficient (Wildman–Crippen LogP) is 1.77. The van der Waals surface area contributed by atoms with Crippen LogP contribution in [-0.4, -0.2) is 30.9 Å². The fourth-order valence-corrected chi connectivity index (χ4v) is 1.19. The number of rotatable bonds is 3. The van der Waals surface area contributed by atoms with Crippen LogP contribution in [0.4, 0.5) is 0 Å². The number of aliphatic hydroxyl groups excluding tert-OH is 1. The summed E-state index contributed by atoms with van der Waals surface area (Å²) in [4.78, 5) is 0. The number of aliphatic hydroxyl groups is 1. The summed E-state index contributed by atoms with van der Waals surface area (Å²) in [6.07, 6.45) is 2.42. The van der Waals surface area contributed by atoms with Gasteiger partial charge in [-0.25, -0.2) is 0 Å². The van der Waals surface area contributed by atoms with Crippen molar-refractivity contribution in [3.8, 4) is 0 Å². The van der Waals surface area contributed by atoms with Gasteiger partial charge in [0.25, 0.3) is 10.1 Å². The van der Waals surface area contributed by atoms with Crippen molar-refractivity contribution >= 4 is 21.7 Å². The maximum absolute atomic E-state index is 9.19. The van der Waals surface area contributed by atoms with Crippen molar-refractivity contribution < 1.29 is 18.1 Å². The summed E-state index contributed by atoms with van der Waals surface area (Å²) in [5.74, 6) is 0. The molecule has 6 heteroatoms. The third kappa shape index (κ3) is 11.5. The van der Waals surface area contributed by atoms with Crippen LogP contribution in [0.5, 0.6) is 0 Å². The maximum Gasteiger partial charge on any atom is 0.261 e. The predicted molar refractivity (Wildman–Crippen MR) is 64.3 cm³/mol. The third-order valence-corrected chi connectivity index (χ3v) is 1.75. The van der Waals surface area contributed by atoms with E-state index in [1.54, 1.807) is 0 Å². The molecular weight excluding hydrogens is 252 g/mol. The third-order valence-electron chi connectivity index (χ3n) is 1.51. The Balaban J connectivity index is 0.000000385. The second kappa shape index (κ2) is 7.62. The highest BCUT2D eigenvalue weighted by atomic mass is 35.5. The Hall–Kier alpha value is -0.620. The van der Waals surface area contributed by atoms with E-state index in [4.69, 9.17) is 21.3 Å². The van der Waals surface area contributed by atoms with Crippen molar-refractivity contribution in [3.05, 3.63) is 34.9 Å². The first kappa shape index (κ1) is 15.4. The van der Waals surface area contributed by atoms with Gasteiger partial charge in [-0.3, -0.25) is 4.55 Å². The highest BCUT2D eigenvalue weighted by Crippen LogP contribution is 2.11. The first-order valence-corrected chi connectivity index (χ1v) is 6.83. The summed E-state index contributed by atoms with van der Waals surface area (Å²) in [7, 11) is -3.67. The minimum absolute atomic E-state index is 0.243. The number of hydrogen-bond donors (Lipinski definition) is 2. The van der Waals surface area contributed by atoms with E-state index in [1.807, 2.05) is 24.3 Å². The van der Waals surface area contributed by atoms with Gasteiger partial charge in [0.2, 0.25) is 0 Å². The molecule has 0 aliphatic carbocycles. The SMILES string of the molecule is CS(=O)(=O)O.OCCCc1cccc(Cl)c1. The zero-order chi connectivity index (χ0) is 12.6. The van der Waals surface area contributed by atoms with Gasteiger partial charge in [0.15, 0.2) is 0 Å². The highest BCUT2D eigenvalue weighted by molar-refractivity contribution is 7.85. The fourth-order valence-electron chi connectivity index (χ4n) is 0.976. The zero-order valence-corrected chi connectivity index (χ0v) is 10.5. The molecule has 1 aromatic carbocycles. The molecule has 0 radical (unpaired) electrons. The Morgan fingerprint density at radius 3 is 2.38 bits per heavy atom. The van der Waals surface area contributed by atoms with Crippen LogP contribution in [0.2, 0.25) is 5.02 Å². The van der Waals surface area contributed by atoms with Gasteiger partial charge in [-0.2, -0.15) is 8.42 Å². The van der Waals surface area contributed by atoms with E-state index < -0.39 is 10.1 Å². The quantitative estimate of drug-likeness (QED) is 0.818. The van der Waals surface area contributed by atoms with Crippen LogP contribution in [0, 0.1) is 0 Å². The molecule has 1 aromatic rings. The number of benzene rings is 1. The standard InChI is InChI=1S/C9H11ClO.CH4O3S/c10-9-5-1-3-8(7-9)4-2-6-11;1-5(2,3)4/h1,3,5,7,11H,2,4,6H2;1H3,(H,2,3,4). The van der Waals surface area contributed by atoms with Crippen molar-refractivity contribution in [2.45, 2.75) is 12.8 Å². The molecule has 0 atom stereocenters. The Morgan fingerprint density at radius 1 is 1.38 bits per heavy atom. The van der Waals surface area contributed by atoms with Gasteiger partial charge < -0.3 is 5.11 Å². The molecule has 0 spiro atoms. The lowest BCUT2D eigenvalue weighted by atomic mass is 10.1. The monoisotopic (exact) mass is 266 g/mol. The van der Waals surface area contributed by atoms with Gasteiger partial charge in [-0.15, -0.1) is 0 Å². The van der Waals surface area contributed by atoms with Crippen molar-refractivity contribution in [3.63, 3.8) is 0 Å². The van der Waals surface area contributed by atoms with Crippen LogP contribution in [0.15, 0.2) is 24.3 Å². The van der Waals surface area contributed by atoms with Crippen molar-refractivity contribution in [2.75, 3.05) is 12.9 Å². The molecule has 0 bridgehead atoms. The van der Waals surface area contributed by atoms with Crippen LogP contribution in [0.3, 0.4) is 0 Å². The van der Waals surface area contributed by atoms with Gasteiger partial charge in [0, 0.05) is 11.6 Å². The van der Waals surface area contributed by atoms with E-state index in [9.17, 15) is 8.42 Å². The fraction of sp³-hybridized carbons (Fsp3) is 0.400. The minimum Gasteiger partial charge on any atom is -0.396 e. The summed E-state index contributed by atoms with van der Waals surface area (Å²) < 4.78 is 25.9. The molecule has 16 heavy (non-hydrogen) atoms. The Labute approximate surface area is 101 Å². The molecule has 0 amide bonds. The lowest BCUT2D eigenvalue weighted by molar-refractivity contribution is 0.288. The molecule has 92 valence electrons. The first-order chi connectivity index (χ1) is 7.33. The van der Waals surface area contributed by atoms with E-state index in [0.717, 1.165) is 17.9 Å². The molecule has 0 heterocycles. The van der Waals surface area contributed by atoms with Crippen LogP contribution in [-0.2, 0) is 16.5 Å². The van der Waals surface area contributed by atoms with Gasteiger partial charge >= 0.3 is 0 Å². The van der Waals surface area contributed by atoms with E-state index in [1.165, 1.54) is 5.56 Å². The largest absolute Gasteiger partial charge is 0.396 e. The topological polar surface area (TPSA) is 74.6 Å². The molecule has 0 aromatic heterocycles. The number of aryl methyl sites for hydroxylation is 1. The van der Waals surface area contributed by atoms with Gasteiger partial charge in [-0.05, 0) is 30.5 Å². The summed E-state index contributed by atoms with van der Waals surface area (Å²) in [6, 6.07) is 7.72. The van der Waals surface area contributed by atoms with Crippen molar-refractivity contribution in [2.24, 2.45) is 0 Å². The van der Waals surface area contributed by atoms with E-state index in [2.05, 4.69) is 0 Å². The number of hydrogen-bond acceptors (Lipinski definition) is 3. The number of halogens is 1. The van der Waals surface area contributed by atoms with Crippen LogP contribution in [0.25, 0.3) is 0 Å². The summed E-state index contributed by atoms with van der Waals surface area (Å²) in [5.41, 5.74) is 1.19. The molecule has 0 aliphatic rings. The molecule has 0 aliphatic heterocycles. The lowest BCUT2D eigenvalue weighted by Crippen LogP contribution is -1.88. The molecule has 2 N–H and O–H groups in total. The summed E-state index contributed by atoms with van der Waals surface area (Å²) >= 11 is 5.76. The molecule has 0 unspecified atom stereocenters.